The molecule has 3 N–H and O–H groups in total. The molecule has 16 heteroatoms. The van der Waals surface area contributed by atoms with Gasteiger partial charge in [0.05, 0.1) is 12.1 Å². The van der Waals surface area contributed by atoms with E-state index in [1.165, 1.54) is 11.5 Å². The summed E-state index contributed by atoms with van der Waals surface area (Å²) in [6.45, 7) is 0.570. The van der Waals surface area contributed by atoms with Crippen LogP contribution in [-0.4, -0.2) is 60.7 Å². The Balaban J connectivity index is 1.49. The highest BCUT2D eigenvalue weighted by molar-refractivity contribution is 7.89. The monoisotopic (exact) mass is 655 g/mol. The molecule has 0 saturated carbocycles. The molecule has 0 bridgehead atoms. The Hall–Kier alpha value is -4.12. The van der Waals surface area contributed by atoms with Crippen molar-refractivity contribution in [3.63, 3.8) is 0 Å². The van der Waals surface area contributed by atoms with Crippen LogP contribution in [0.4, 0.5) is 27.6 Å². The Morgan fingerprint density at radius 1 is 0.911 bits per heavy atom. The number of ether oxygens (including phenoxy) is 1. The first-order valence-corrected chi connectivity index (χ1v) is 15.1. The highest BCUT2D eigenvalue weighted by Crippen LogP contribution is 2.36. The number of carbonyl (C=O) groups is 2. The highest BCUT2D eigenvalue weighted by atomic mass is 32.2. The Kier molecular flexibility index (Phi) is 9.11. The minimum Gasteiger partial charge on any atom is -0.507 e. The van der Waals surface area contributed by atoms with Crippen LogP contribution in [-0.2, 0) is 26.1 Å². The predicted molar refractivity (Wildman–Crippen MR) is 146 cm³/mol. The van der Waals surface area contributed by atoms with Gasteiger partial charge in [-0.1, -0.05) is 24.3 Å². The highest BCUT2D eigenvalue weighted by Gasteiger charge is 2.48. The fourth-order valence-electron chi connectivity index (χ4n) is 5.35. The molecule has 2 fully saturated rings. The average Bonchev–Trinajstić information content (AvgIpc) is 3.01. The zero-order valence-electron chi connectivity index (χ0n) is 23.3. The van der Waals surface area contributed by atoms with E-state index in [4.69, 9.17) is 9.94 Å². The van der Waals surface area contributed by atoms with E-state index in [1.54, 1.807) is 12.1 Å². The van der Waals surface area contributed by atoms with Gasteiger partial charge < -0.3 is 14.7 Å². The third-order valence-electron chi connectivity index (χ3n) is 7.91. The number of rotatable bonds is 8. The van der Waals surface area contributed by atoms with Gasteiger partial charge in [-0.15, -0.1) is 0 Å². The summed E-state index contributed by atoms with van der Waals surface area (Å²) in [4.78, 5) is 24.7. The van der Waals surface area contributed by atoms with Crippen LogP contribution in [0, 0.1) is 29.1 Å². The second-order valence-electron chi connectivity index (χ2n) is 10.5. The van der Waals surface area contributed by atoms with Gasteiger partial charge in [0.15, 0.2) is 28.2 Å². The number of hydroxylamine groups is 1. The summed E-state index contributed by atoms with van der Waals surface area (Å²) >= 11 is 0. The summed E-state index contributed by atoms with van der Waals surface area (Å²) in [6, 6.07) is 8.93. The zero-order chi connectivity index (χ0) is 32.6. The minimum atomic E-state index is -5.41. The number of aromatic hydroxyl groups is 1. The van der Waals surface area contributed by atoms with Crippen molar-refractivity contribution < 1.29 is 55.0 Å². The Morgan fingerprint density at radius 3 is 2.04 bits per heavy atom. The molecule has 3 aromatic carbocycles. The summed E-state index contributed by atoms with van der Waals surface area (Å²) in [5.74, 6) is -14.9. The van der Waals surface area contributed by atoms with Crippen LogP contribution in [0.5, 0.6) is 5.75 Å². The van der Waals surface area contributed by atoms with Crippen molar-refractivity contribution in [2.24, 2.45) is 0 Å². The molecule has 3 aromatic rings. The van der Waals surface area contributed by atoms with Crippen molar-refractivity contribution in [2.75, 3.05) is 24.7 Å². The van der Waals surface area contributed by atoms with Crippen LogP contribution in [0.3, 0.4) is 0 Å². The van der Waals surface area contributed by atoms with Gasteiger partial charge in [0.25, 0.3) is 5.91 Å². The summed E-state index contributed by atoms with van der Waals surface area (Å²) < 4.78 is 102. The number of phenols is 1. The lowest BCUT2D eigenvalue weighted by atomic mass is 9.91. The third kappa shape index (κ3) is 5.97. The number of hydrogen-bond acceptors (Lipinski definition) is 7. The van der Waals surface area contributed by atoms with E-state index in [0.717, 1.165) is 35.4 Å². The Bertz CT molecular complexity index is 1720. The SMILES string of the molecule is O=C(NO)c1ccc(N(Cc2ccc(C3CCOCC3)cc2)C(=O)C2CCN2S(=O)(=O)c2c(F)c(F)c(F)c(F)c2F)cc1O. The molecule has 1 atom stereocenters. The average molecular weight is 656 g/mol. The fraction of sp³-hybridized carbons (Fsp3) is 0.310. The Morgan fingerprint density at radius 2 is 1.51 bits per heavy atom. The van der Waals surface area contributed by atoms with Gasteiger partial charge in [-0.05, 0) is 48.4 Å². The van der Waals surface area contributed by atoms with E-state index >= 15 is 0 Å². The normalized spacial score (nSPS) is 17.5. The number of phenolic OH excluding ortho intramolecular Hbond substituents is 1. The molecule has 1 unspecified atom stereocenters. The molecule has 0 spiro atoms. The van der Waals surface area contributed by atoms with Gasteiger partial charge in [-0.2, -0.15) is 4.31 Å². The Labute approximate surface area is 253 Å². The lowest BCUT2D eigenvalue weighted by molar-refractivity contribution is -0.125. The molecule has 240 valence electrons. The first-order chi connectivity index (χ1) is 21.4. The number of carbonyl (C=O) groups excluding carboxylic acids is 2. The molecule has 2 heterocycles. The summed E-state index contributed by atoms with van der Waals surface area (Å²) in [7, 11) is -5.41. The van der Waals surface area contributed by atoms with Crippen molar-refractivity contribution in [2.45, 2.75) is 42.7 Å². The van der Waals surface area contributed by atoms with E-state index in [1.807, 2.05) is 12.1 Å². The smallest absolute Gasteiger partial charge is 0.278 e. The van der Waals surface area contributed by atoms with Gasteiger partial charge in [0.1, 0.15) is 11.8 Å². The summed E-state index contributed by atoms with van der Waals surface area (Å²) in [5.41, 5.74) is 2.58. The maximum atomic E-state index is 14.5. The minimum absolute atomic E-state index is 0.0269. The topological polar surface area (TPSA) is 136 Å². The van der Waals surface area contributed by atoms with Crippen LogP contribution in [0.1, 0.15) is 46.7 Å². The van der Waals surface area contributed by atoms with E-state index in [-0.39, 0.29) is 30.1 Å². The van der Waals surface area contributed by atoms with Crippen molar-refractivity contribution in [3.8, 4) is 5.75 Å². The molecule has 0 aliphatic carbocycles. The second kappa shape index (κ2) is 12.7. The van der Waals surface area contributed by atoms with Gasteiger partial charge in [0, 0.05) is 31.5 Å². The fourth-order valence-corrected chi connectivity index (χ4v) is 7.09. The van der Waals surface area contributed by atoms with Crippen molar-refractivity contribution in [1.82, 2.24) is 9.79 Å². The quantitative estimate of drug-likeness (QED) is 0.109. The number of hydrogen-bond donors (Lipinski definition) is 3. The molecule has 5 rings (SSSR count). The molecule has 2 aliphatic heterocycles. The van der Waals surface area contributed by atoms with Gasteiger partial charge in [0.2, 0.25) is 21.7 Å². The van der Waals surface area contributed by atoms with Crippen molar-refractivity contribution in [3.05, 3.63) is 88.2 Å². The number of benzene rings is 3. The van der Waals surface area contributed by atoms with Crippen molar-refractivity contribution >= 4 is 27.5 Å². The summed E-state index contributed by atoms with van der Waals surface area (Å²) in [6.07, 6.45) is 1.49. The van der Waals surface area contributed by atoms with Gasteiger partial charge in [-0.25, -0.2) is 35.8 Å². The number of nitrogens with zero attached hydrogens (tertiary/aromatic N) is 2. The van der Waals surface area contributed by atoms with Crippen LogP contribution >= 0.6 is 0 Å². The number of halogens is 5. The molecule has 2 aliphatic rings. The van der Waals surface area contributed by atoms with Crippen LogP contribution in [0.2, 0.25) is 0 Å². The lowest BCUT2D eigenvalue weighted by Gasteiger charge is -2.41. The first-order valence-electron chi connectivity index (χ1n) is 13.7. The first kappa shape index (κ1) is 32.3. The number of anilines is 1. The van der Waals surface area contributed by atoms with E-state index < -0.39 is 74.2 Å². The van der Waals surface area contributed by atoms with Gasteiger partial charge in [-0.3, -0.25) is 14.8 Å². The third-order valence-corrected chi connectivity index (χ3v) is 9.84. The largest absolute Gasteiger partial charge is 0.507 e. The van der Waals surface area contributed by atoms with Crippen molar-refractivity contribution in [1.29, 1.82) is 0 Å². The number of sulfonamides is 1. The summed E-state index contributed by atoms with van der Waals surface area (Å²) in [5, 5.41) is 19.4. The molecule has 2 amide bonds. The second-order valence-corrected chi connectivity index (χ2v) is 12.3. The maximum Gasteiger partial charge on any atom is 0.278 e. The van der Waals surface area contributed by atoms with Crippen LogP contribution < -0.4 is 10.4 Å². The number of amides is 2. The molecular formula is C29H26F5N3O7S. The standard InChI is InChI=1S/C29H26F5N3O7S/c30-22-23(31)25(33)27(26(34)24(22)32)45(42,43)37-10-7-20(37)29(40)36(18-5-6-19(21(38)13-18)28(39)35-41)14-15-1-3-16(4-2-15)17-8-11-44-12-9-17/h1-6,13,17,20,38,41H,7-12,14H2,(H,35,39). The number of nitrogens with one attached hydrogen (secondary N) is 1. The zero-order valence-corrected chi connectivity index (χ0v) is 24.1. The van der Waals surface area contributed by atoms with E-state index in [0.29, 0.717) is 23.1 Å². The van der Waals surface area contributed by atoms with E-state index in [2.05, 4.69) is 0 Å². The van der Waals surface area contributed by atoms with Gasteiger partial charge >= 0.3 is 0 Å². The molecule has 45 heavy (non-hydrogen) atoms. The lowest BCUT2D eigenvalue weighted by Crippen LogP contribution is -2.59. The maximum absolute atomic E-state index is 14.5. The van der Waals surface area contributed by atoms with E-state index in [9.17, 15) is 45.1 Å². The molecule has 2 saturated heterocycles. The molecule has 0 radical (unpaired) electrons. The molecule has 0 aromatic heterocycles. The van der Waals surface area contributed by atoms with Crippen LogP contribution in [0.15, 0.2) is 47.4 Å². The predicted octanol–water partition coefficient (Wildman–Crippen LogP) is 4.10. The molecule has 10 nitrogen and oxygen atoms in total. The molecular weight excluding hydrogens is 629 g/mol. The van der Waals surface area contributed by atoms with Crippen LogP contribution in [0.25, 0.3) is 0 Å².